The monoisotopic (exact) mass is 276 g/mol. The minimum absolute atomic E-state index is 0.00740. The van der Waals surface area contributed by atoms with Crippen molar-refractivity contribution in [2.45, 2.75) is 46.7 Å². The molecule has 1 rings (SSSR count). The summed E-state index contributed by atoms with van der Waals surface area (Å²) in [5.41, 5.74) is 2.20. The van der Waals surface area contributed by atoms with Gasteiger partial charge in [0.25, 0.3) is 0 Å². The SMILES string of the molecule is CCNC(=O)[C@H](C)N(Cc1ccccc1C)C(=O)CC. The van der Waals surface area contributed by atoms with Gasteiger partial charge in [0.2, 0.25) is 11.8 Å². The number of hydrogen-bond donors (Lipinski definition) is 1. The van der Waals surface area contributed by atoms with Crippen molar-refractivity contribution in [2.75, 3.05) is 6.54 Å². The highest BCUT2D eigenvalue weighted by atomic mass is 16.2. The second-order valence-corrected chi connectivity index (χ2v) is 4.87. The molecular weight excluding hydrogens is 252 g/mol. The Balaban J connectivity index is 2.93. The van der Waals surface area contributed by atoms with Gasteiger partial charge in [-0.15, -0.1) is 0 Å². The number of hydrogen-bond acceptors (Lipinski definition) is 2. The molecule has 20 heavy (non-hydrogen) atoms. The van der Waals surface area contributed by atoms with E-state index in [1.807, 2.05) is 45.0 Å². The third-order valence-electron chi connectivity index (χ3n) is 3.42. The Morgan fingerprint density at radius 2 is 1.90 bits per heavy atom. The molecule has 4 heteroatoms. The summed E-state index contributed by atoms with van der Waals surface area (Å²) in [6.45, 7) is 8.52. The van der Waals surface area contributed by atoms with Gasteiger partial charge in [0.05, 0.1) is 0 Å². The van der Waals surface area contributed by atoms with Crippen LogP contribution in [-0.4, -0.2) is 29.3 Å². The fourth-order valence-corrected chi connectivity index (χ4v) is 2.08. The number of benzene rings is 1. The lowest BCUT2D eigenvalue weighted by atomic mass is 10.1. The Morgan fingerprint density at radius 1 is 1.25 bits per heavy atom. The number of carbonyl (C=O) groups excluding carboxylic acids is 2. The van der Waals surface area contributed by atoms with Gasteiger partial charge >= 0.3 is 0 Å². The predicted molar refractivity (Wildman–Crippen MR) is 80.2 cm³/mol. The number of likely N-dealkylation sites (N-methyl/N-ethyl adjacent to an activating group) is 1. The van der Waals surface area contributed by atoms with Crippen LogP contribution in [0.25, 0.3) is 0 Å². The van der Waals surface area contributed by atoms with Gasteiger partial charge in [0.1, 0.15) is 6.04 Å². The third kappa shape index (κ3) is 4.08. The molecule has 0 saturated carbocycles. The number of aryl methyl sites for hydroxylation is 1. The van der Waals surface area contributed by atoms with Crippen LogP contribution >= 0.6 is 0 Å². The summed E-state index contributed by atoms with van der Waals surface area (Å²) in [5.74, 6) is -0.116. The Bertz CT molecular complexity index is 471. The van der Waals surface area contributed by atoms with Gasteiger partial charge in [-0.1, -0.05) is 31.2 Å². The molecule has 4 nitrogen and oxygen atoms in total. The van der Waals surface area contributed by atoms with Gasteiger partial charge in [-0.2, -0.15) is 0 Å². The molecule has 1 aromatic rings. The predicted octanol–water partition coefficient (Wildman–Crippen LogP) is 2.26. The van der Waals surface area contributed by atoms with Crippen molar-refractivity contribution in [3.63, 3.8) is 0 Å². The maximum atomic E-state index is 12.1. The molecule has 0 aliphatic rings. The molecule has 1 N–H and O–H groups in total. The van der Waals surface area contributed by atoms with Gasteiger partial charge in [-0.3, -0.25) is 9.59 Å². The first-order valence-electron chi connectivity index (χ1n) is 7.12. The van der Waals surface area contributed by atoms with E-state index in [1.54, 1.807) is 11.8 Å². The molecule has 110 valence electrons. The van der Waals surface area contributed by atoms with Crippen LogP contribution in [0, 0.1) is 6.92 Å². The van der Waals surface area contributed by atoms with Crippen molar-refractivity contribution < 1.29 is 9.59 Å². The summed E-state index contributed by atoms with van der Waals surface area (Å²) >= 11 is 0. The van der Waals surface area contributed by atoms with Crippen molar-refractivity contribution in [1.29, 1.82) is 0 Å². The van der Waals surface area contributed by atoms with E-state index in [9.17, 15) is 9.59 Å². The van der Waals surface area contributed by atoms with Crippen molar-refractivity contribution in [3.8, 4) is 0 Å². The Morgan fingerprint density at radius 3 is 2.45 bits per heavy atom. The topological polar surface area (TPSA) is 49.4 Å². The highest BCUT2D eigenvalue weighted by Crippen LogP contribution is 2.14. The van der Waals surface area contributed by atoms with Crippen LogP contribution in [0.1, 0.15) is 38.3 Å². The molecule has 1 atom stereocenters. The molecule has 0 radical (unpaired) electrons. The molecule has 0 aromatic heterocycles. The number of nitrogens with zero attached hydrogens (tertiary/aromatic N) is 1. The molecule has 0 unspecified atom stereocenters. The molecule has 2 amide bonds. The average molecular weight is 276 g/mol. The number of carbonyl (C=O) groups is 2. The molecule has 0 spiro atoms. The van der Waals surface area contributed by atoms with Crippen molar-refractivity contribution in [1.82, 2.24) is 10.2 Å². The molecule has 1 aromatic carbocycles. The van der Waals surface area contributed by atoms with Crippen LogP contribution in [0.15, 0.2) is 24.3 Å². The lowest BCUT2D eigenvalue weighted by Crippen LogP contribution is -2.47. The van der Waals surface area contributed by atoms with Gasteiger partial charge in [0.15, 0.2) is 0 Å². The second kappa shape index (κ2) is 7.68. The first-order valence-corrected chi connectivity index (χ1v) is 7.12. The maximum Gasteiger partial charge on any atom is 0.242 e. The van der Waals surface area contributed by atoms with Crippen LogP contribution in [0.2, 0.25) is 0 Å². The normalized spacial score (nSPS) is 11.8. The van der Waals surface area contributed by atoms with E-state index in [-0.39, 0.29) is 11.8 Å². The van der Waals surface area contributed by atoms with Gasteiger partial charge in [-0.05, 0) is 31.9 Å². The molecule has 0 bridgehead atoms. The molecule has 0 fully saturated rings. The van der Waals surface area contributed by atoms with E-state index >= 15 is 0 Å². The number of amides is 2. The molecule has 0 saturated heterocycles. The maximum absolute atomic E-state index is 12.1. The van der Waals surface area contributed by atoms with E-state index in [2.05, 4.69) is 5.32 Å². The van der Waals surface area contributed by atoms with Crippen LogP contribution < -0.4 is 5.32 Å². The summed E-state index contributed by atoms with van der Waals surface area (Å²) in [5, 5.41) is 2.77. The minimum atomic E-state index is -0.456. The highest BCUT2D eigenvalue weighted by Gasteiger charge is 2.24. The summed E-state index contributed by atoms with van der Waals surface area (Å²) < 4.78 is 0. The van der Waals surface area contributed by atoms with Crippen molar-refractivity contribution >= 4 is 11.8 Å². The second-order valence-electron chi connectivity index (χ2n) is 4.87. The molecule has 0 aliphatic carbocycles. The quantitative estimate of drug-likeness (QED) is 0.866. The largest absolute Gasteiger partial charge is 0.355 e. The zero-order valence-electron chi connectivity index (χ0n) is 12.8. The molecule has 0 heterocycles. The fourth-order valence-electron chi connectivity index (χ4n) is 2.08. The first kappa shape index (κ1) is 16.2. The smallest absolute Gasteiger partial charge is 0.242 e. The van der Waals surface area contributed by atoms with E-state index in [4.69, 9.17) is 0 Å². The van der Waals surface area contributed by atoms with E-state index < -0.39 is 6.04 Å². The lowest BCUT2D eigenvalue weighted by molar-refractivity contribution is -0.140. The van der Waals surface area contributed by atoms with Gasteiger partial charge < -0.3 is 10.2 Å². The van der Waals surface area contributed by atoms with E-state index in [0.717, 1.165) is 11.1 Å². The van der Waals surface area contributed by atoms with Crippen molar-refractivity contribution in [3.05, 3.63) is 35.4 Å². The third-order valence-corrected chi connectivity index (χ3v) is 3.42. The number of rotatable bonds is 6. The first-order chi connectivity index (χ1) is 9.51. The summed E-state index contributed by atoms with van der Waals surface area (Å²) in [6, 6.07) is 7.48. The minimum Gasteiger partial charge on any atom is -0.355 e. The standard InChI is InChI=1S/C16H24N2O2/c1-5-15(19)18(13(4)16(20)17-6-2)11-14-10-8-7-9-12(14)3/h7-10,13H,5-6,11H2,1-4H3,(H,17,20)/t13-/m0/s1. The Hall–Kier alpha value is -1.84. The zero-order chi connectivity index (χ0) is 15.1. The summed E-state index contributed by atoms with van der Waals surface area (Å²) in [7, 11) is 0. The lowest BCUT2D eigenvalue weighted by Gasteiger charge is -2.28. The molecular formula is C16H24N2O2. The zero-order valence-corrected chi connectivity index (χ0v) is 12.8. The van der Waals surface area contributed by atoms with Crippen LogP contribution in [-0.2, 0) is 16.1 Å². The van der Waals surface area contributed by atoms with Crippen molar-refractivity contribution in [2.24, 2.45) is 0 Å². The average Bonchev–Trinajstić information content (AvgIpc) is 2.45. The summed E-state index contributed by atoms with van der Waals surface area (Å²) in [4.78, 5) is 25.7. The fraction of sp³-hybridized carbons (Fsp3) is 0.500. The van der Waals surface area contributed by atoms with E-state index in [1.165, 1.54) is 0 Å². The van der Waals surface area contributed by atoms with Crippen LogP contribution in [0.4, 0.5) is 0 Å². The Kier molecular flexibility index (Phi) is 6.22. The number of nitrogens with one attached hydrogen (secondary N) is 1. The van der Waals surface area contributed by atoms with Crippen LogP contribution in [0.3, 0.4) is 0 Å². The summed E-state index contributed by atoms with van der Waals surface area (Å²) in [6.07, 6.45) is 0.398. The molecule has 0 aliphatic heterocycles. The van der Waals surface area contributed by atoms with Crippen LogP contribution in [0.5, 0.6) is 0 Å². The Labute approximate surface area is 121 Å². The highest BCUT2D eigenvalue weighted by molar-refractivity contribution is 5.87. The van der Waals surface area contributed by atoms with Gasteiger partial charge in [0, 0.05) is 19.5 Å². The van der Waals surface area contributed by atoms with E-state index in [0.29, 0.717) is 19.5 Å². The van der Waals surface area contributed by atoms with Gasteiger partial charge in [-0.25, -0.2) is 0 Å².